The van der Waals surface area contributed by atoms with Crippen LogP contribution in [0.2, 0.25) is 0 Å². The summed E-state index contributed by atoms with van der Waals surface area (Å²) in [5.74, 6) is 2.98. The third kappa shape index (κ3) is 1.90. The number of hydrogen-bond acceptors (Lipinski definition) is 1. The van der Waals surface area contributed by atoms with Crippen molar-refractivity contribution in [2.45, 2.75) is 40.0 Å². The van der Waals surface area contributed by atoms with Crippen molar-refractivity contribution in [3.05, 3.63) is 0 Å². The van der Waals surface area contributed by atoms with Gasteiger partial charge in [-0.25, -0.2) is 0 Å². The quantitative estimate of drug-likeness (QED) is 0.606. The average molecular weight is 181 g/mol. The summed E-state index contributed by atoms with van der Waals surface area (Å²) in [5.41, 5.74) is 0.535. The highest BCUT2D eigenvalue weighted by atomic mass is 14.9. The Labute approximate surface area is 82.3 Å². The Bertz CT molecular complexity index is 180. The maximum absolute atomic E-state index is 3.54. The third-order valence-corrected chi connectivity index (χ3v) is 4.18. The minimum Gasteiger partial charge on any atom is -0.316 e. The van der Waals surface area contributed by atoms with Gasteiger partial charge in [-0.15, -0.1) is 0 Å². The van der Waals surface area contributed by atoms with Gasteiger partial charge < -0.3 is 5.32 Å². The molecule has 3 unspecified atom stereocenters. The molecule has 0 aromatic rings. The van der Waals surface area contributed by atoms with E-state index < -0.39 is 0 Å². The summed E-state index contributed by atoms with van der Waals surface area (Å²) in [6, 6.07) is 0. The minimum absolute atomic E-state index is 0.535. The highest BCUT2D eigenvalue weighted by Gasteiger charge is 2.37. The van der Waals surface area contributed by atoms with E-state index in [1.54, 1.807) is 0 Å². The van der Waals surface area contributed by atoms with Crippen LogP contribution in [0.5, 0.6) is 0 Å². The van der Waals surface area contributed by atoms with Crippen molar-refractivity contribution in [2.75, 3.05) is 13.1 Å². The molecule has 1 heteroatoms. The van der Waals surface area contributed by atoms with Gasteiger partial charge in [0.15, 0.2) is 0 Å². The standard InChI is InChI=1S/C12H23N/c1-12(2,3)11-5-4-9-7-13-8-10(9)6-11/h9-11,13H,4-8H2,1-3H3. The summed E-state index contributed by atoms with van der Waals surface area (Å²) in [6.07, 6.45) is 4.41. The molecule has 1 saturated heterocycles. The lowest BCUT2D eigenvalue weighted by Crippen LogP contribution is -2.31. The molecule has 1 heterocycles. The molecule has 0 radical (unpaired) electrons. The molecule has 0 bridgehead atoms. The second-order valence-electron chi connectivity index (χ2n) is 6.05. The lowest BCUT2D eigenvalue weighted by Gasteiger charge is -2.39. The van der Waals surface area contributed by atoms with Crippen molar-refractivity contribution in [3.63, 3.8) is 0 Å². The van der Waals surface area contributed by atoms with Crippen LogP contribution in [0.15, 0.2) is 0 Å². The highest BCUT2D eigenvalue weighted by Crippen LogP contribution is 2.43. The van der Waals surface area contributed by atoms with Gasteiger partial charge in [-0.1, -0.05) is 20.8 Å². The topological polar surface area (TPSA) is 12.0 Å². The lowest BCUT2D eigenvalue weighted by atomic mass is 9.66. The Balaban J connectivity index is 1.97. The molecule has 3 atom stereocenters. The van der Waals surface area contributed by atoms with Crippen LogP contribution in [0, 0.1) is 23.2 Å². The zero-order chi connectivity index (χ0) is 9.47. The largest absolute Gasteiger partial charge is 0.316 e. The second-order valence-corrected chi connectivity index (χ2v) is 6.05. The molecule has 1 nitrogen and oxygen atoms in total. The van der Waals surface area contributed by atoms with Crippen molar-refractivity contribution in [1.82, 2.24) is 5.32 Å². The van der Waals surface area contributed by atoms with Crippen molar-refractivity contribution in [1.29, 1.82) is 0 Å². The third-order valence-electron chi connectivity index (χ3n) is 4.18. The summed E-state index contributed by atoms with van der Waals surface area (Å²) in [7, 11) is 0. The fourth-order valence-corrected chi connectivity index (χ4v) is 3.09. The molecule has 1 aliphatic carbocycles. The smallest absolute Gasteiger partial charge is 0.00172 e. The van der Waals surface area contributed by atoms with E-state index in [0.29, 0.717) is 5.41 Å². The first-order valence-electron chi connectivity index (χ1n) is 5.78. The fourth-order valence-electron chi connectivity index (χ4n) is 3.09. The van der Waals surface area contributed by atoms with Gasteiger partial charge in [0.2, 0.25) is 0 Å². The summed E-state index contributed by atoms with van der Waals surface area (Å²) in [4.78, 5) is 0. The summed E-state index contributed by atoms with van der Waals surface area (Å²) >= 11 is 0. The molecule has 2 rings (SSSR count). The van der Waals surface area contributed by atoms with Gasteiger partial charge in [0.05, 0.1) is 0 Å². The average Bonchev–Trinajstić information content (AvgIpc) is 2.47. The molecule has 1 N–H and O–H groups in total. The van der Waals surface area contributed by atoms with E-state index in [4.69, 9.17) is 0 Å². The Morgan fingerprint density at radius 2 is 1.69 bits per heavy atom. The molecule has 0 amide bonds. The minimum atomic E-state index is 0.535. The van der Waals surface area contributed by atoms with Crippen molar-refractivity contribution >= 4 is 0 Å². The van der Waals surface area contributed by atoms with Crippen LogP contribution in [-0.4, -0.2) is 13.1 Å². The molecule has 2 aliphatic rings. The molecular weight excluding hydrogens is 158 g/mol. The molecule has 0 aromatic heterocycles. The fraction of sp³-hybridized carbons (Fsp3) is 1.00. The van der Waals surface area contributed by atoms with Gasteiger partial charge in [0.25, 0.3) is 0 Å². The molecular formula is C12H23N. The van der Waals surface area contributed by atoms with Gasteiger partial charge in [0, 0.05) is 0 Å². The molecule has 2 fully saturated rings. The van der Waals surface area contributed by atoms with Crippen LogP contribution < -0.4 is 5.32 Å². The van der Waals surface area contributed by atoms with Crippen LogP contribution in [0.3, 0.4) is 0 Å². The van der Waals surface area contributed by atoms with Crippen molar-refractivity contribution in [3.8, 4) is 0 Å². The SMILES string of the molecule is CC(C)(C)C1CCC2CNCC2C1. The number of rotatable bonds is 0. The van der Waals surface area contributed by atoms with Crippen LogP contribution in [0.1, 0.15) is 40.0 Å². The van der Waals surface area contributed by atoms with Crippen molar-refractivity contribution in [2.24, 2.45) is 23.2 Å². The van der Waals surface area contributed by atoms with E-state index in [9.17, 15) is 0 Å². The molecule has 1 aliphatic heterocycles. The normalized spacial score (nSPS) is 40.4. The monoisotopic (exact) mass is 181 g/mol. The predicted molar refractivity (Wildman–Crippen MR) is 56.6 cm³/mol. The second kappa shape index (κ2) is 3.27. The first-order chi connectivity index (χ1) is 6.07. The molecule has 13 heavy (non-hydrogen) atoms. The van der Waals surface area contributed by atoms with Gasteiger partial charge in [-0.05, 0) is 55.5 Å². The Kier molecular flexibility index (Phi) is 2.39. The summed E-state index contributed by atoms with van der Waals surface area (Å²) < 4.78 is 0. The van der Waals surface area contributed by atoms with E-state index in [1.165, 1.54) is 32.4 Å². The summed E-state index contributed by atoms with van der Waals surface area (Å²) in [5, 5.41) is 3.54. The number of fused-ring (bicyclic) bond motifs is 1. The zero-order valence-corrected chi connectivity index (χ0v) is 9.27. The van der Waals surface area contributed by atoms with Crippen LogP contribution in [0.25, 0.3) is 0 Å². The van der Waals surface area contributed by atoms with E-state index in [1.807, 2.05) is 0 Å². The van der Waals surface area contributed by atoms with Crippen LogP contribution in [-0.2, 0) is 0 Å². The molecule has 1 saturated carbocycles. The van der Waals surface area contributed by atoms with Crippen molar-refractivity contribution < 1.29 is 0 Å². The van der Waals surface area contributed by atoms with E-state index >= 15 is 0 Å². The van der Waals surface area contributed by atoms with Gasteiger partial charge in [0.1, 0.15) is 0 Å². The predicted octanol–water partition coefficient (Wildman–Crippen LogP) is 2.67. The van der Waals surface area contributed by atoms with E-state index in [-0.39, 0.29) is 0 Å². The molecule has 0 aromatic carbocycles. The van der Waals surface area contributed by atoms with Crippen LogP contribution in [0.4, 0.5) is 0 Å². The van der Waals surface area contributed by atoms with Gasteiger partial charge in [-0.2, -0.15) is 0 Å². The van der Waals surface area contributed by atoms with Gasteiger partial charge >= 0.3 is 0 Å². The first-order valence-corrected chi connectivity index (χ1v) is 5.78. The van der Waals surface area contributed by atoms with Crippen LogP contribution >= 0.6 is 0 Å². The molecule has 76 valence electrons. The van der Waals surface area contributed by atoms with Gasteiger partial charge in [-0.3, -0.25) is 0 Å². The number of nitrogens with one attached hydrogen (secondary N) is 1. The zero-order valence-electron chi connectivity index (χ0n) is 9.27. The number of hydrogen-bond donors (Lipinski definition) is 1. The summed E-state index contributed by atoms with van der Waals surface area (Å²) in [6.45, 7) is 9.79. The maximum atomic E-state index is 3.54. The Morgan fingerprint density at radius 1 is 1.00 bits per heavy atom. The maximum Gasteiger partial charge on any atom is -0.00172 e. The van der Waals surface area contributed by atoms with E-state index in [0.717, 1.165) is 17.8 Å². The highest BCUT2D eigenvalue weighted by molar-refractivity contribution is 4.90. The molecule has 0 spiro atoms. The Hall–Kier alpha value is -0.0400. The lowest BCUT2D eigenvalue weighted by molar-refractivity contribution is 0.122. The first kappa shape index (κ1) is 9.51. The van der Waals surface area contributed by atoms with E-state index in [2.05, 4.69) is 26.1 Å². The Morgan fingerprint density at radius 3 is 2.38 bits per heavy atom.